The molecule has 7 nitrogen and oxygen atoms in total. The van der Waals surface area contributed by atoms with Gasteiger partial charge in [0.15, 0.2) is 0 Å². The van der Waals surface area contributed by atoms with Gasteiger partial charge >= 0.3 is 5.97 Å². The molecule has 0 aromatic heterocycles. The number of nitro groups is 1. The minimum absolute atomic E-state index is 0.265. The van der Waals surface area contributed by atoms with Crippen LogP contribution in [0.15, 0.2) is 35.3 Å². The molecule has 2 rings (SSSR count). The van der Waals surface area contributed by atoms with E-state index in [1.54, 1.807) is 25.4 Å². The Labute approximate surface area is 162 Å². The predicted octanol–water partition coefficient (Wildman–Crippen LogP) is 4.32. The molecule has 28 heavy (non-hydrogen) atoms. The number of nitrogens with zero attached hydrogens (tertiary/aromatic N) is 3. The average molecular weight is 387 g/mol. The molecule has 0 aliphatic carbocycles. The van der Waals surface area contributed by atoms with E-state index in [4.69, 9.17) is 4.74 Å². The van der Waals surface area contributed by atoms with Crippen molar-refractivity contribution in [1.82, 2.24) is 4.90 Å². The molecule has 8 heteroatoms. The van der Waals surface area contributed by atoms with Gasteiger partial charge in [0, 0.05) is 19.7 Å². The maximum Gasteiger partial charge on any atom is 0.338 e. The second-order valence-corrected chi connectivity index (χ2v) is 6.27. The minimum atomic E-state index is -0.792. The standard InChI is InChI=1S/C20H22FN3O4/c1-5-23(4)12-22-18-10-9-15(13(2)14(18)3)20(25)28-11-16-17(21)7-6-8-19(16)24(26)27/h6-10,12H,5,11H2,1-4H3. The van der Waals surface area contributed by atoms with Gasteiger partial charge in [-0.2, -0.15) is 0 Å². The molecule has 0 aliphatic heterocycles. The van der Waals surface area contributed by atoms with Gasteiger partial charge in [-0.3, -0.25) is 10.1 Å². The van der Waals surface area contributed by atoms with Crippen molar-refractivity contribution in [3.05, 3.63) is 68.5 Å². The van der Waals surface area contributed by atoms with Crippen LogP contribution >= 0.6 is 0 Å². The summed E-state index contributed by atoms with van der Waals surface area (Å²) in [6.45, 7) is 5.89. The van der Waals surface area contributed by atoms with Crippen molar-refractivity contribution < 1.29 is 18.8 Å². The van der Waals surface area contributed by atoms with Gasteiger partial charge in [0.05, 0.1) is 22.5 Å². The summed E-state index contributed by atoms with van der Waals surface area (Å²) in [4.78, 5) is 29.1. The average Bonchev–Trinajstić information content (AvgIpc) is 2.67. The number of ether oxygens (including phenoxy) is 1. The lowest BCUT2D eigenvalue weighted by Gasteiger charge is -2.13. The van der Waals surface area contributed by atoms with E-state index in [0.29, 0.717) is 11.1 Å². The lowest BCUT2D eigenvalue weighted by Crippen LogP contribution is -2.14. The zero-order chi connectivity index (χ0) is 20.8. The second kappa shape index (κ2) is 9.07. The largest absolute Gasteiger partial charge is 0.457 e. The number of carbonyl (C=O) groups excluding carboxylic acids is 1. The van der Waals surface area contributed by atoms with E-state index < -0.39 is 29.0 Å². The first-order chi connectivity index (χ1) is 13.3. The summed E-state index contributed by atoms with van der Waals surface area (Å²) in [5.74, 6) is -1.47. The van der Waals surface area contributed by atoms with E-state index in [-0.39, 0.29) is 5.56 Å². The fraction of sp³-hybridized carbons (Fsp3) is 0.300. The zero-order valence-electron chi connectivity index (χ0n) is 16.2. The van der Waals surface area contributed by atoms with Crippen molar-refractivity contribution in [2.75, 3.05) is 13.6 Å². The molecule has 0 amide bonds. The fourth-order valence-corrected chi connectivity index (χ4v) is 2.49. The number of nitro benzene ring substituents is 1. The van der Waals surface area contributed by atoms with E-state index in [2.05, 4.69) is 4.99 Å². The Kier molecular flexibility index (Phi) is 6.81. The maximum absolute atomic E-state index is 13.9. The van der Waals surface area contributed by atoms with Crippen LogP contribution in [0, 0.1) is 29.8 Å². The molecule has 148 valence electrons. The van der Waals surface area contributed by atoms with E-state index in [9.17, 15) is 19.3 Å². The van der Waals surface area contributed by atoms with Gasteiger partial charge in [-0.05, 0) is 50.1 Å². The summed E-state index contributed by atoms with van der Waals surface area (Å²) in [5.41, 5.74) is 1.83. The van der Waals surface area contributed by atoms with Gasteiger partial charge in [-0.25, -0.2) is 14.2 Å². The highest BCUT2D eigenvalue weighted by Crippen LogP contribution is 2.26. The molecule has 0 saturated heterocycles. The van der Waals surface area contributed by atoms with Crippen molar-refractivity contribution in [2.24, 2.45) is 4.99 Å². The molecule has 0 saturated carbocycles. The van der Waals surface area contributed by atoms with Crippen LogP contribution in [0.1, 0.15) is 34.0 Å². The number of hydrogen-bond acceptors (Lipinski definition) is 5. The summed E-state index contributed by atoms with van der Waals surface area (Å²) >= 11 is 0. The van der Waals surface area contributed by atoms with Gasteiger partial charge in [-0.1, -0.05) is 6.07 Å². The van der Waals surface area contributed by atoms with Crippen molar-refractivity contribution in [1.29, 1.82) is 0 Å². The molecule has 0 radical (unpaired) electrons. The number of aliphatic imine (C=N–C) groups is 1. The smallest absolute Gasteiger partial charge is 0.338 e. The van der Waals surface area contributed by atoms with Crippen LogP contribution in [0.3, 0.4) is 0 Å². The molecule has 0 aliphatic rings. The van der Waals surface area contributed by atoms with Gasteiger partial charge in [-0.15, -0.1) is 0 Å². The third-order valence-electron chi connectivity index (χ3n) is 4.51. The normalized spacial score (nSPS) is 10.9. The number of rotatable bonds is 7. The molecule has 0 bridgehead atoms. The molecule has 0 N–H and O–H groups in total. The van der Waals surface area contributed by atoms with Crippen LogP contribution in [0.2, 0.25) is 0 Å². The van der Waals surface area contributed by atoms with E-state index >= 15 is 0 Å². The van der Waals surface area contributed by atoms with Gasteiger partial charge in [0.1, 0.15) is 18.0 Å². The summed E-state index contributed by atoms with van der Waals surface area (Å²) in [5, 5.41) is 11.0. The highest BCUT2D eigenvalue weighted by atomic mass is 19.1. The first kappa shape index (κ1) is 21.0. The second-order valence-electron chi connectivity index (χ2n) is 6.27. The highest BCUT2D eigenvalue weighted by molar-refractivity contribution is 5.92. The number of carbonyl (C=O) groups is 1. The molecule has 0 spiro atoms. The van der Waals surface area contributed by atoms with Crippen molar-refractivity contribution in [3.63, 3.8) is 0 Å². The van der Waals surface area contributed by atoms with Crippen molar-refractivity contribution in [2.45, 2.75) is 27.4 Å². The lowest BCUT2D eigenvalue weighted by atomic mass is 10.0. The SMILES string of the molecule is CCN(C)C=Nc1ccc(C(=O)OCc2c(F)cccc2[N+](=O)[O-])c(C)c1C. The Morgan fingerprint density at radius 3 is 2.64 bits per heavy atom. The quantitative estimate of drug-likeness (QED) is 0.232. The summed E-state index contributed by atoms with van der Waals surface area (Å²) < 4.78 is 19.1. The van der Waals surface area contributed by atoms with E-state index in [0.717, 1.165) is 23.9 Å². The molecule has 0 atom stereocenters. The Morgan fingerprint density at radius 2 is 2.00 bits per heavy atom. The van der Waals surface area contributed by atoms with Gasteiger partial charge < -0.3 is 9.64 Å². The van der Waals surface area contributed by atoms with Crippen molar-refractivity contribution in [3.8, 4) is 0 Å². The molecular formula is C20H22FN3O4. The zero-order valence-corrected chi connectivity index (χ0v) is 16.2. The Hall–Kier alpha value is -3.29. The van der Waals surface area contributed by atoms with Crippen LogP contribution in [-0.4, -0.2) is 35.7 Å². The molecular weight excluding hydrogens is 365 g/mol. The summed E-state index contributed by atoms with van der Waals surface area (Å²) in [7, 11) is 1.90. The highest BCUT2D eigenvalue weighted by Gasteiger charge is 2.21. The molecule has 0 fully saturated rings. The third-order valence-corrected chi connectivity index (χ3v) is 4.51. The summed E-state index contributed by atoms with van der Waals surface area (Å²) in [6, 6.07) is 6.78. The molecule has 0 heterocycles. The van der Waals surface area contributed by atoms with E-state index in [1.807, 2.05) is 25.8 Å². The first-order valence-corrected chi connectivity index (χ1v) is 8.69. The third kappa shape index (κ3) is 4.70. The van der Waals surface area contributed by atoms with Crippen molar-refractivity contribution >= 4 is 23.7 Å². The topological polar surface area (TPSA) is 85.0 Å². The number of hydrogen-bond donors (Lipinski definition) is 0. The Bertz CT molecular complexity index is 928. The lowest BCUT2D eigenvalue weighted by molar-refractivity contribution is -0.386. The van der Waals surface area contributed by atoms with Gasteiger partial charge in [0.25, 0.3) is 5.69 Å². The monoisotopic (exact) mass is 387 g/mol. The number of benzene rings is 2. The van der Waals surface area contributed by atoms with Crippen LogP contribution in [0.25, 0.3) is 0 Å². The Morgan fingerprint density at radius 1 is 1.29 bits per heavy atom. The van der Waals surface area contributed by atoms with Crippen LogP contribution in [0.4, 0.5) is 15.8 Å². The minimum Gasteiger partial charge on any atom is -0.457 e. The predicted molar refractivity (Wildman–Crippen MR) is 105 cm³/mol. The summed E-state index contributed by atoms with van der Waals surface area (Å²) in [6.07, 6.45) is 1.71. The first-order valence-electron chi connectivity index (χ1n) is 8.69. The fourth-order valence-electron chi connectivity index (χ4n) is 2.49. The van der Waals surface area contributed by atoms with Crippen LogP contribution in [-0.2, 0) is 11.3 Å². The van der Waals surface area contributed by atoms with E-state index in [1.165, 1.54) is 12.1 Å². The number of halogens is 1. The van der Waals surface area contributed by atoms with Crippen LogP contribution < -0.4 is 0 Å². The number of esters is 1. The Balaban J connectivity index is 2.21. The molecule has 2 aromatic rings. The maximum atomic E-state index is 13.9. The molecule has 2 aromatic carbocycles. The molecule has 0 unspecified atom stereocenters. The van der Waals surface area contributed by atoms with Gasteiger partial charge in [0.2, 0.25) is 0 Å². The van der Waals surface area contributed by atoms with Crippen LogP contribution in [0.5, 0.6) is 0 Å².